The van der Waals surface area contributed by atoms with E-state index in [2.05, 4.69) is 0 Å². The number of hydrogen-bond acceptors (Lipinski definition) is 3. The summed E-state index contributed by atoms with van der Waals surface area (Å²) in [4.78, 5) is 1.75. The molecule has 6 heteroatoms. The van der Waals surface area contributed by atoms with E-state index in [1.807, 2.05) is 6.07 Å². The molecule has 2 aromatic carbocycles. The summed E-state index contributed by atoms with van der Waals surface area (Å²) < 4.78 is 37.7. The van der Waals surface area contributed by atoms with Crippen LogP contribution in [0.1, 0.15) is 11.7 Å². The van der Waals surface area contributed by atoms with E-state index in [0.29, 0.717) is 16.9 Å². The molecule has 1 unspecified atom stereocenters. The van der Waals surface area contributed by atoms with Crippen molar-refractivity contribution in [3.8, 4) is 0 Å². The summed E-state index contributed by atoms with van der Waals surface area (Å²) in [5, 5.41) is 0. The van der Waals surface area contributed by atoms with Gasteiger partial charge >= 0.3 is 10.4 Å². The van der Waals surface area contributed by atoms with Gasteiger partial charge in [-0.25, -0.2) is 4.31 Å². The van der Waals surface area contributed by atoms with Gasteiger partial charge in [0.25, 0.3) is 0 Å². The van der Waals surface area contributed by atoms with Crippen LogP contribution in [0.3, 0.4) is 0 Å². The lowest BCUT2D eigenvalue weighted by atomic mass is 10.1. The van der Waals surface area contributed by atoms with E-state index in [0.717, 1.165) is 4.31 Å². The molecule has 3 rings (SSSR count). The van der Waals surface area contributed by atoms with E-state index in [4.69, 9.17) is 0 Å². The highest BCUT2D eigenvalue weighted by atomic mass is 32.3. The van der Waals surface area contributed by atoms with Crippen LogP contribution in [0.2, 0.25) is 0 Å². The van der Waals surface area contributed by atoms with Crippen LogP contribution in [-0.2, 0) is 10.4 Å². The molecule has 0 saturated heterocycles. The number of para-hydroxylation sites is 2. The molecule has 0 spiro atoms. The third kappa shape index (κ3) is 1.92. The maximum atomic E-state index is 13.8. The van der Waals surface area contributed by atoms with Crippen LogP contribution >= 0.6 is 0 Å². The number of hydrogen-bond donors (Lipinski definition) is 0. The highest BCUT2D eigenvalue weighted by Crippen LogP contribution is 2.46. The second-order valence-electron chi connectivity index (χ2n) is 4.62. The highest BCUT2D eigenvalue weighted by molar-refractivity contribution is 7.87. The predicted molar refractivity (Wildman–Crippen MR) is 76.5 cm³/mol. The first-order chi connectivity index (χ1) is 9.50. The second kappa shape index (κ2) is 4.49. The average molecular weight is 292 g/mol. The van der Waals surface area contributed by atoms with Crippen LogP contribution in [0.4, 0.5) is 15.3 Å². The molecule has 0 aliphatic carbocycles. The van der Waals surface area contributed by atoms with Gasteiger partial charge in [-0.15, -0.1) is 0 Å². The molecule has 1 heterocycles. The molecule has 0 N–H and O–H groups in total. The van der Waals surface area contributed by atoms with E-state index in [9.17, 15) is 12.3 Å². The number of fused-ring (bicyclic) bond motifs is 1. The lowest BCUT2D eigenvalue weighted by Gasteiger charge is -2.27. The average Bonchev–Trinajstić information content (AvgIpc) is 2.73. The van der Waals surface area contributed by atoms with Crippen molar-refractivity contribution < 1.29 is 12.3 Å². The van der Waals surface area contributed by atoms with Crippen molar-refractivity contribution in [1.29, 1.82) is 0 Å². The third-order valence-corrected chi connectivity index (χ3v) is 4.29. The van der Waals surface area contributed by atoms with Crippen LogP contribution in [0.25, 0.3) is 0 Å². The molecular weight excluding hydrogens is 279 g/mol. The zero-order valence-corrected chi connectivity index (χ0v) is 11.6. The monoisotopic (exact) mass is 292 g/mol. The van der Waals surface area contributed by atoms with Gasteiger partial charge in [-0.3, -0.25) is 0 Å². The maximum absolute atomic E-state index is 13.8. The van der Waals surface area contributed by atoms with Gasteiger partial charge < -0.3 is 4.90 Å². The smallest absolute Gasteiger partial charge is 0.348 e. The zero-order chi connectivity index (χ0) is 14.3. The molecule has 2 aromatic rings. The van der Waals surface area contributed by atoms with Gasteiger partial charge in [0.05, 0.1) is 11.4 Å². The number of anilines is 2. The summed E-state index contributed by atoms with van der Waals surface area (Å²) in [5.74, 6) is 0. The number of nitrogens with zero attached hydrogens (tertiary/aromatic N) is 2. The molecule has 0 radical (unpaired) electrons. The number of rotatable bonds is 2. The van der Waals surface area contributed by atoms with Crippen molar-refractivity contribution in [2.45, 2.75) is 6.17 Å². The van der Waals surface area contributed by atoms with Crippen molar-refractivity contribution in [3.63, 3.8) is 0 Å². The first-order valence-electron chi connectivity index (χ1n) is 6.11. The molecule has 0 saturated carbocycles. The Labute approximate surface area is 117 Å². The normalized spacial score (nSPS) is 18.2. The fourth-order valence-corrected chi connectivity index (χ4v) is 3.48. The topological polar surface area (TPSA) is 40.6 Å². The van der Waals surface area contributed by atoms with E-state index in [1.54, 1.807) is 60.5 Å². The van der Waals surface area contributed by atoms with Gasteiger partial charge in [-0.2, -0.15) is 8.42 Å². The molecule has 1 aliphatic heterocycles. The Morgan fingerprint density at radius 2 is 1.50 bits per heavy atom. The van der Waals surface area contributed by atoms with Gasteiger partial charge in [0.1, 0.15) is 6.17 Å². The Morgan fingerprint density at radius 3 is 2.10 bits per heavy atom. The Hall–Kier alpha value is -2.08. The molecule has 20 heavy (non-hydrogen) atoms. The fourth-order valence-electron chi connectivity index (χ4n) is 2.59. The van der Waals surface area contributed by atoms with Crippen molar-refractivity contribution in [2.75, 3.05) is 16.3 Å². The van der Waals surface area contributed by atoms with E-state index in [-0.39, 0.29) is 0 Å². The van der Waals surface area contributed by atoms with Gasteiger partial charge in [-0.05, 0) is 17.7 Å². The highest BCUT2D eigenvalue weighted by Gasteiger charge is 2.41. The van der Waals surface area contributed by atoms with E-state index in [1.165, 1.54) is 0 Å². The van der Waals surface area contributed by atoms with Crippen molar-refractivity contribution in [2.24, 2.45) is 0 Å². The minimum Gasteiger partial charge on any atom is -0.348 e. The molecule has 1 atom stereocenters. The molecule has 4 nitrogen and oxygen atoms in total. The minimum absolute atomic E-state index is 0.353. The van der Waals surface area contributed by atoms with Crippen LogP contribution < -0.4 is 9.21 Å². The molecule has 0 fully saturated rings. The number of halogens is 1. The Balaban J connectivity index is 2.21. The molecular formula is C14H13FN2O2S. The summed E-state index contributed by atoms with van der Waals surface area (Å²) >= 11 is 0. The van der Waals surface area contributed by atoms with Crippen molar-refractivity contribution >= 4 is 21.8 Å². The van der Waals surface area contributed by atoms with Crippen LogP contribution in [0, 0.1) is 0 Å². The summed E-state index contributed by atoms with van der Waals surface area (Å²) in [6.07, 6.45) is -0.705. The second-order valence-corrected chi connectivity index (χ2v) is 5.84. The quantitative estimate of drug-likeness (QED) is 0.799. The first-order valence-corrected chi connectivity index (χ1v) is 7.45. The van der Waals surface area contributed by atoms with Crippen molar-refractivity contribution in [1.82, 2.24) is 0 Å². The largest absolute Gasteiger partial charge is 0.401 e. The SMILES string of the molecule is CN1c2ccccc2N(S(=O)(=O)F)C1c1ccccc1. The summed E-state index contributed by atoms with van der Waals surface area (Å²) in [6, 6.07) is 15.9. The predicted octanol–water partition coefficient (Wildman–Crippen LogP) is 2.86. The Kier molecular flexibility index (Phi) is 2.90. The van der Waals surface area contributed by atoms with Crippen molar-refractivity contribution in [3.05, 3.63) is 60.2 Å². The van der Waals surface area contributed by atoms with E-state index < -0.39 is 16.6 Å². The Bertz CT molecular complexity index is 734. The maximum Gasteiger partial charge on any atom is 0.401 e. The molecule has 104 valence electrons. The molecule has 0 bridgehead atoms. The van der Waals surface area contributed by atoms with Crippen LogP contribution in [-0.4, -0.2) is 15.5 Å². The molecule has 0 aromatic heterocycles. The zero-order valence-electron chi connectivity index (χ0n) is 10.8. The van der Waals surface area contributed by atoms with Gasteiger partial charge in [-0.1, -0.05) is 46.4 Å². The third-order valence-electron chi connectivity index (χ3n) is 3.42. The fraction of sp³-hybridized carbons (Fsp3) is 0.143. The van der Waals surface area contributed by atoms with Gasteiger partial charge in [0, 0.05) is 7.05 Å². The number of benzene rings is 2. The molecule has 0 amide bonds. The lowest BCUT2D eigenvalue weighted by Crippen LogP contribution is -2.35. The van der Waals surface area contributed by atoms with Crippen LogP contribution in [0.5, 0.6) is 0 Å². The standard InChI is InChI=1S/C14H13FN2O2S/c1-16-12-9-5-6-10-13(12)17(20(15,18)19)14(16)11-7-3-2-4-8-11/h2-10,14H,1H3. The minimum atomic E-state index is -4.85. The van der Waals surface area contributed by atoms with E-state index >= 15 is 0 Å². The summed E-state index contributed by atoms with van der Waals surface area (Å²) in [7, 11) is -3.10. The van der Waals surface area contributed by atoms with Gasteiger partial charge in [0.2, 0.25) is 0 Å². The van der Waals surface area contributed by atoms with Crippen LogP contribution in [0.15, 0.2) is 54.6 Å². The first kappa shape index (κ1) is 12.9. The summed E-state index contributed by atoms with van der Waals surface area (Å²) in [6.45, 7) is 0. The van der Waals surface area contributed by atoms with Gasteiger partial charge in [0.15, 0.2) is 0 Å². The Morgan fingerprint density at radius 1 is 0.950 bits per heavy atom. The lowest BCUT2D eigenvalue weighted by molar-refractivity contribution is 0.537. The molecule has 1 aliphatic rings. The summed E-state index contributed by atoms with van der Waals surface area (Å²) in [5.41, 5.74) is 1.75.